The van der Waals surface area contributed by atoms with Gasteiger partial charge in [-0.2, -0.15) is 0 Å². The normalized spacial score (nSPS) is 13.3. The van der Waals surface area contributed by atoms with Crippen LogP contribution in [0.25, 0.3) is 0 Å². The lowest BCUT2D eigenvalue weighted by Gasteiger charge is -2.13. The van der Waals surface area contributed by atoms with Crippen molar-refractivity contribution in [2.24, 2.45) is 0 Å². The van der Waals surface area contributed by atoms with Crippen LogP contribution in [-0.4, -0.2) is 27.2 Å². The van der Waals surface area contributed by atoms with E-state index in [1.807, 2.05) is 0 Å². The van der Waals surface area contributed by atoms with Gasteiger partial charge in [-0.3, -0.25) is 14.2 Å². The van der Waals surface area contributed by atoms with Gasteiger partial charge in [-0.05, 0) is 13.3 Å². The van der Waals surface area contributed by atoms with Gasteiger partial charge in [0.2, 0.25) is 0 Å². The molecule has 104 valence electrons. The molecular weight excluding hydrogens is 254 g/mol. The fourth-order valence-electron chi connectivity index (χ4n) is 1.39. The van der Waals surface area contributed by atoms with Crippen LogP contribution in [0.1, 0.15) is 46.0 Å². The van der Waals surface area contributed by atoms with E-state index in [1.54, 1.807) is 6.92 Å². The molecule has 0 fully saturated rings. The minimum absolute atomic E-state index is 0.0211. The van der Waals surface area contributed by atoms with Crippen molar-refractivity contribution >= 4 is 17.0 Å². The van der Waals surface area contributed by atoms with Gasteiger partial charge in [-0.15, -0.1) is 5.92 Å². The molecule has 0 aliphatic rings. The molecule has 0 saturated heterocycles. The predicted octanol–water partition coefficient (Wildman–Crippen LogP) is 1.53. The van der Waals surface area contributed by atoms with E-state index in [0.29, 0.717) is 6.42 Å². The first-order valence-corrected chi connectivity index (χ1v) is 7.18. The number of unbranched alkanes of at least 4 members (excludes halogenated alkanes) is 3. The van der Waals surface area contributed by atoms with Crippen LogP contribution in [0.15, 0.2) is 0 Å². The average molecular weight is 275 g/mol. The maximum absolute atomic E-state index is 11.7. The molecule has 0 aromatic carbocycles. The summed E-state index contributed by atoms with van der Waals surface area (Å²) in [4.78, 5) is 11.4. The predicted molar refractivity (Wildman–Crippen MR) is 70.0 cm³/mol. The van der Waals surface area contributed by atoms with Gasteiger partial charge in [0, 0.05) is 0 Å². The number of amides is 1. The Balaban J connectivity index is 4.23. The third-order valence-corrected chi connectivity index (χ3v) is 3.64. The molecule has 0 spiro atoms. The van der Waals surface area contributed by atoms with E-state index in [1.165, 1.54) is 5.48 Å². The largest absolute Gasteiger partial charge is 0.289 e. The van der Waals surface area contributed by atoms with Crippen molar-refractivity contribution in [1.82, 2.24) is 5.48 Å². The van der Waals surface area contributed by atoms with Crippen molar-refractivity contribution in [3.8, 4) is 11.8 Å². The molecule has 5 nitrogen and oxygen atoms in total. The molecule has 6 heteroatoms. The van der Waals surface area contributed by atoms with Gasteiger partial charge in [-0.1, -0.05) is 38.5 Å². The number of nitrogens with one attached hydrogen (secondary N) is 1. The Morgan fingerprint density at radius 2 is 2.17 bits per heavy atom. The Hall–Kier alpha value is -0.900. The summed E-state index contributed by atoms with van der Waals surface area (Å²) in [6, 6.07) is 0. The highest BCUT2D eigenvalue weighted by Crippen LogP contribution is 2.11. The maximum Gasteiger partial charge on any atom is 0.261 e. The standard InChI is InChI=1S/C12H21NO4S/c1-3-5-7-8-9-11(12(14)13-15)18(16)17-10-6-4-2/h11,15H,3,5,7-10H2,1-2H3,(H,13,14)/t11-,18?/m0/s1. The second-order valence-electron chi connectivity index (χ2n) is 3.76. The Morgan fingerprint density at radius 3 is 2.72 bits per heavy atom. The van der Waals surface area contributed by atoms with Crippen molar-refractivity contribution in [3.63, 3.8) is 0 Å². The van der Waals surface area contributed by atoms with Crippen molar-refractivity contribution in [1.29, 1.82) is 0 Å². The zero-order chi connectivity index (χ0) is 13.8. The first-order valence-electron chi connectivity index (χ1n) is 6.04. The molecule has 0 aromatic heterocycles. The highest BCUT2D eigenvalue weighted by molar-refractivity contribution is 7.81. The minimum atomic E-state index is -1.77. The van der Waals surface area contributed by atoms with E-state index >= 15 is 0 Å². The summed E-state index contributed by atoms with van der Waals surface area (Å²) in [5, 5.41) is 7.77. The quantitative estimate of drug-likeness (QED) is 0.290. The molecule has 0 radical (unpaired) electrons. The smallest absolute Gasteiger partial charge is 0.261 e. The summed E-state index contributed by atoms with van der Waals surface area (Å²) in [6.07, 6.45) is 4.33. The second kappa shape index (κ2) is 11.2. The first kappa shape index (κ1) is 17.1. The van der Waals surface area contributed by atoms with E-state index in [9.17, 15) is 9.00 Å². The highest BCUT2D eigenvalue weighted by atomic mass is 32.2. The molecule has 0 heterocycles. The van der Waals surface area contributed by atoms with Crippen LogP contribution in [0.4, 0.5) is 0 Å². The van der Waals surface area contributed by atoms with Gasteiger partial charge in [0.1, 0.15) is 11.9 Å². The van der Waals surface area contributed by atoms with Crippen LogP contribution in [0.3, 0.4) is 0 Å². The highest BCUT2D eigenvalue weighted by Gasteiger charge is 2.25. The lowest BCUT2D eigenvalue weighted by molar-refractivity contribution is -0.128. The number of hydrogen-bond donors (Lipinski definition) is 2. The van der Waals surface area contributed by atoms with Crippen molar-refractivity contribution in [3.05, 3.63) is 0 Å². The molecule has 0 saturated carbocycles. The molecule has 2 N–H and O–H groups in total. The summed E-state index contributed by atoms with van der Waals surface area (Å²) in [5.74, 6) is 4.54. The van der Waals surface area contributed by atoms with E-state index in [0.717, 1.165) is 25.7 Å². The first-order chi connectivity index (χ1) is 8.67. The molecule has 18 heavy (non-hydrogen) atoms. The van der Waals surface area contributed by atoms with Gasteiger partial charge < -0.3 is 0 Å². The van der Waals surface area contributed by atoms with Crippen LogP contribution < -0.4 is 5.48 Å². The maximum atomic E-state index is 11.7. The zero-order valence-corrected chi connectivity index (χ0v) is 11.7. The van der Waals surface area contributed by atoms with Gasteiger partial charge in [0.25, 0.3) is 5.91 Å². The van der Waals surface area contributed by atoms with E-state index in [-0.39, 0.29) is 6.61 Å². The van der Waals surface area contributed by atoms with Crippen LogP contribution in [-0.2, 0) is 20.1 Å². The molecular formula is C12H21NO4S. The Morgan fingerprint density at radius 1 is 1.44 bits per heavy atom. The lowest BCUT2D eigenvalue weighted by atomic mass is 10.1. The topological polar surface area (TPSA) is 75.6 Å². The monoisotopic (exact) mass is 275 g/mol. The molecule has 1 amide bonds. The third kappa shape index (κ3) is 7.43. The van der Waals surface area contributed by atoms with Crippen molar-refractivity contribution in [2.45, 2.75) is 51.2 Å². The van der Waals surface area contributed by atoms with Crippen molar-refractivity contribution < 1.29 is 18.4 Å². The fraction of sp³-hybridized carbons (Fsp3) is 0.750. The van der Waals surface area contributed by atoms with Gasteiger partial charge in [0.05, 0.1) is 0 Å². The molecule has 0 aromatic rings. The number of rotatable bonds is 9. The Labute approximate surface area is 111 Å². The molecule has 2 atom stereocenters. The van der Waals surface area contributed by atoms with E-state index < -0.39 is 22.2 Å². The Bertz CT molecular complexity index is 322. The number of hydrogen-bond acceptors (Lipinski definition) is 4. The molecule has 1 unspecified atom stereocenters. The molecule has 0 aliphatic heterocycles. The van der Waals surface area contributed by atoms with Crippen LogP contribution in [0.2, 0.25) is 0 Å². The average Bonchev–Trinajstić information content (AvgIpc) is 2.38. The number of carbonyl (C=O) groups excluding carboxylic acids is 1. The molecule has 0 rings (SSSR count). The van der Waals surface area contributed by atoms with Crippen LogP contribution in [0, 0.1) is 11.8 Å². The SMILES string of the molecule is CC#CCOS(=O)[C@@H](CCCCCC)C(=O)NO. The minimum Gasteiger partial charge on any atom is -0.289 e. The van der Waals surface area contributed by atoms with Gasteiger partial charge in [0.15, 0.2) is 11.1 Å². The summed E-state index contributed by atoms with van der Waals surface area (Å²) in [7, 11) is 0. The summed E-state index contributed by atoms with van der Waals surface area (Å²) in [5.41, 5.74) is 1.53. The number of carbonyl (C=O) groups is 1. The molecule has 0 aliphatic carbocycles. The lowest BCUT2D eigenvalue weighted by Crippen LogP contribution is -2.36. The third-order valence-electron chi connectivity index (χ3n) is 2.38. The second-order valence-corrected chi connectivity index (χ2v) is 5.09. The van der Waals surface area contributed by atoms with Gasteiger partial charge >= 0.3 is 0 Å². The van der Waals surface area contributed by atoms with Gasteiger partial charge in [-0.25, -0.2) is 9.69 Å². The Kier molecular flexibility index (Phi) is 10.6. The zero-order valence-electron chi connectivity index (χ0n) is 10.9. The number of hydroxylamine groups is 1. The summed E-state index contributed by atoms with van der Waals surface area (Å²) in [6.45, 7) is 3.75. The molecule has 0 bridgehead atoms. The van der Waals surface area contributed by atoms with Crippen LogP contribution >= 0.6 is 0 Å². The fourth-order valence-corrected chi connectivity index (χ4v) is 2.31. The van der Waals surface area contributed by atoms with Crippen molar-refractivity contribution in [2.75, 3.05) is 6.61 Å². The summed E-state index contributed by atoms with van der Waals surface area (Å²) >= 11 is -1.77. The summed E-state index contributed by atoms with van der Waals surface area (Å²) < 4.78 is 16.7. The van der Waals surface area contributed by atoms with E-state index in [4.69, 9.17) is 9.39 Å². The van der Waals surface area contributed by atoms with E-state index in [2.05, 4.69) is 18.8 Å². The van der Waals surface area contributed by atoms with Crippen LogP contribution in [0.5, 0.6) is 0 Å².